The third-order valence-electron chi connectivity index (χ3n) is 3.68. The van der Waals surface area contributed by atoms with Gasteiger partial charge in [0.05, 0.1) is 6.42 Å². The molecule has 0 radical (unpaired) electrons. The molecule has 0 aliphatic heterocycles. The highest BCUT2D eigenvalue weighted by Crippen LogP contribution is 2.12. The number of aliphatic carboxylic acids is 1. The van der Waals surface area contributed by atoms with Crippen LogP contribution in [0.25, 0.3) is 0 Å². The van der Waals surface area contributed by atoms with Crippen LogP contribution in [0.15, 0.2) is 12.2 Å². The third kappa shape index (κ3) is 17.2. The van der Waals surface area contributed by atoms with E-state index in [1.165, 1.54) is 77.0 Å². The predicted molar refractivity (Wildman–Crippen MR) is 87.1 cm³/mol. The summed E-state index contributed by atoms with van der Waals surface area (Å²) in [5.41, 5.74) is 0. The van der Waals surface area contributed by atoms with Crippen LogP contribution in [-0.2, 0) is 4.79 Å². The average molecular weight is 282 g/mol. The Morgan fingerprint density at radius 3 is 1.65 bits per heavy atom. The fraction of sp³-hybridized carbons (Fsp3) is 0.833. The van der Waals surface area contributed by atoms with Crippen LogP contribution >= 0.6 is 0 Å². The second kappa shape index (κ2) is 16.3. The minimum absolute atomic E-state index is 0.165. The predicted octanol–water partition coefficient (Wildman–Crippen LogP) is 6.11. The standard InChI is InChI=1S/C18H34O2/c1-2-3-4-5-6-7-8-9-10-11-12-13-14-15-16-17-18(19)20/h15-16H,2-14,17H2,1H3,(H,19,20). The van der Waals surface area contributed by atoms with Crippen LogP contribution in [-0.4, -0.2) is 11.1 Å². The Morgan fingerprint density at radius 2 is 1.20 bits per heavy atom. The van der Waals surface area contributed by atoms with Crippen LogP contribution in [0, 0.1) is 0 Å². The first-order chi connectivity index (χ1) is 9.77. The summed E-state index contributed by atoms with van der Waals surface area (Å²) in [6.45, 7) is 2.27. The molecule has 2 nitrogen and oxygen atoms in total. The van der Waals surface area contributed by atoms with Crippen molar-refractivity contribution in [1.82, 2.24) is 0 Å². The van der Waals surface area contributed by atoms with Gasteiger partial charge >= 0.3 is 5.97 Å². The summed E-state index contributed by atoms with van der Waals surface area (Å²) in [4.78, 5) is 10.3. The van der Waals surface area contributed by atoms with Gasteiger partial charge in [-0.25, -0.2) is 0 Å². The lowest BCUT2D eigenvalue weighted by Crippen LogP contribution is -1.89. The summed E-state index contributed by atoms with van der Waals surface area (Å²) in [6, 6.07) is 0. The van der Waals surface area contributed by atoms with E-state index in [1.54, 1.807) is 6.08 Å². The van der Waals surface area contributed by atoms with Crippen LogP contribution in [0.2, 0.25) is 0 Å². The van der Waals surface area contributed by atoms with E-state index in [2.05, 4.69) is 6.92 Å². The van der Waals surface area contributed by atoms with E-state index in [9.17, 15) is 4.79 Å². The molecular weight excluding hydrogens is 248 g/mol. The molecule has 0 spiro atoms. The molecule has 0 saturated heterocycles. The molecule has 0 heterocycles. The normalized spacial score (nSPS) is 11.2. The van der Waals surface area contributed by atoms with Crippen molar-refractivity contribution in [2.75, 3.05) is 0 Å². The maximum absolute atomic E-state index is 10.3. The summed E-state index contributed by atoms with van der Waals surface area (Å²) in [7, 11) is 0. The summed E-state index contributed by atoms with van der Waals surface area (Å²) in [5, 5.41) is 8.47. The van der Waals surface area contributed by atoms with Crippen LogP contribution in [0.1, 0.15) is 96.8 Å². The second-order valence-electron chi connectivity index (χ2n) is 5.75. The molecule has 1 N–H and O–H groups in total. The first kappa shape index (κ1) is 19.2. The van der Waals surface area contributed by atoms with Gasteiger partial charge in [-0.3, -0.25) is 4.79 Å². The molecule has 0 aromatic heterocycles. The fourth-order valence-corrected chi connectivity index (χ4v) is 2.41. The zero-order valence-electron chi connectivity index (χ0n) is 13.4. The van der Waals surface area contributed by atoms with E-state index in [1.807, 2.05) is 6.08 Å². The topological polar surface area (TPSA) is 37.3 Å². The summed E-state index contributed by atoms with van der Waals surface area (Å²) in [5.74, 6) is -0.740. The van der Waals surface area contributed by atoms with E-state index in [4.69, 9.17) is 5.11 Å². The van der Waals surface area contributed by atoms with Gasteiger partial charge in [0, 0.05) is 0 Å². The van der Waals surface area contributed by atoms with Crippen LogP contribution in [0.5, 0.6) is 0 Å². The number of rotatable bonds is 15. The minimum atomic E-state index is -0.740. The first-order valence-corrected chi connectivity index (χ1v) is 8.64. The molecule has 0 fully saturated rings. The second-order valence-corrected chi connectivity index (χ2v) is 5.75. The quantitative estimate of drug-likeness (QED) is 0.291. The Hall–Kier alpha value is -0.790. The molecule has 0 aromatic carbocycles. The summed E-state index contributed by atoms with van der Waals surface area (Å²) in [6.07, 6.45) is 21.4. The molecule has 0 aromatic rings. The number of allylic oxidation sites excluding steroid dienone is 1. The Morgan fingerprint density at radius 1 is 0.750 bits per heavy atom. The van der Waals surface area contributed by atoms with Crippen LogP contribution < -0.4 is 0 Å². The first-order valence-electron chi connectivity index (χ1n) is 8.64. The molecule has 0 unspecified atom stereocenters. The minimum Gasteiger partial charge on any atom is -0.481 e. The van der Waals surface area contributed by atoms with E-state index < -0.39 is 5.97 Å². The Bertz CT molecular complexity index is 234. The molecule has 20 heavy (non-hydrogen) atoms. The van der Waals surface area contributed by atoms with Crippen LogP contribution in [0.3, 0.4) is 0 Å². The molecule has 0 saturated carbocycles. The Kier molecular flexibility index (Phi) is 15.6. The smallest absolute Gasteiger partial charge is 0.307 e. The molecule has 0 aliphatic rings. The maximum Gasteiger partial charge on any atom is 0.307 e. The SMILES string of the molecule is CCCCCCCCCCCCCCC=CCC(=O)O. The zero-order valence-corrected chi connectivity index (χ0v) is 13.4. The lowest BCUT2D eigenvalue weighted by molar-refractivity contribution is -0.136. The van der Waals surface area contributed by atoms with E-state index in [-0.39, 0.29) is 6.42 Å². The summed E-state index contributed by atoms with van der Waals surface area (Å²) >= 11 is 0. The van der Waals surface area contributed by atoms with Gasteiger partial charge in [-0.1, -0.05) is 89.7 Å². The molecule has 0 aliphatic carbocycles. The molecular formula is C18H34O2. The zero-order chi connectivity index (χ0) is 14.9. The van der Waals surface area contributed by atoms with Gasteiger partial charge in [0.2, 0.25) is 0 Å². The maximum atomic E-state index is 10.3. The lowest BCUT2D eigenvalue weighted by atomic mass is 10.0. The highest BCUT2D eigenvalue weighted by Gasteiger charge is 1.93. The van der Waals surface area contributed by atoms with E-state index in [0.29, 0.717) is 0 Å². The van der Waals surface area contributed by atoms with Gasteiger partial charge in [-0.15, -0.1) is 0 Å². The largest absolute Gasteiger partial charge is 0.481 e. The number of hydrogen-bond acceptors (Lipinski definition) is 1. The Balaban J connectivity index is 3.02. The van der Waals surface area contributed by atoms with Crippen molar-refractivity contribution >= 4 is 5.97 Å². The van der Waals surface area contributed by atoms with Crippen molar-refractivity contribution in [3.8, 4) is 0 Å². The number of hydrogen-bond donors (Lipinski definition) is 1. The molecule has 0 amide bonds. The average Bonchev–Trinajstić information content (AvgIpc) is 2.43. The van der Waals surface area contributed by atoms with Gasteiger partial charge in [-0.2, -0.15) is 0 Å². The highest BCUT2D eigenvalue weighted by atomic mass is 16.4. The number of carboxylic acid groups (broad SMARTS) is 1. The van der Waals surface area contributed by atoms with E-state index in [0.717, 1.165) is 6.42 Å². The lowest BCUT2D eigenvalue weighted by Gasteiger charge is -2.02. The molecule has 0 atom stereocenters. The van der Waals surface area contributed by atoms with Gasteiger partial charge in [0.25, 0.3) is 0 Å². The monoisotopic (exact) mass is 282 g/mol. The number of carboxylic acids is 1. The summed E-state index contributed by atoms with van der Waals surface area (Å²) < 4.78 is 0. The van der Waals surface area contributed by atoms with Crippen LogP contribution in [0.4, 0.5) is 0 Å². The molecule has 2 heteroatoms. The van der Waals surface area contributed by atoms with Gasteiger partial charge < -0.3 is 5.11 Å². The Labute approximate surface area is 125 Å². The molecule has 0 bridgehead atoms. The van der Waals surface area contributed by atoms with Crippen molar-refractivity contribution in [3.63, 3.8) is 0 Å². The number of carbonyl (C=O) groups is 1. The van der Waals surface area contributed by atoms with Crippen molar-refractivity contribution < 1.29 is 9.90 Å². The third-order valence-corrected chi connectivity index (χ3v) is 3.68. The van der Waals surface area contributed by atoms with Crippen molar-refractivity contribution in [3.05, 3.63) is 12.2 Å². The van der Waals surface area contributed by atoms with Crippen molar-refractivity contribution in [2.24, 2.45) is 0 Å². The van der Waals surface area contributed by atoms with Crippen molar-refractivity contribution in [1.29, 1.82) is 0 Å². The molecule has 0 rings (SSSR count). The van der Waals surface area contributed by atoms with Crippen molar-refractivity contribution in [2.45, 2.75) is 96.8 Å². The van der Waals surface area contributed by atoms with E-state index >= 15 is 0 Å². The number of unbranched alkanes of at least 4 members (excludes halogenated alkanes) is 12. The fourth-order valence-electron chi connectivity index (χ4n) is 2.41. The van der Waals surface area contributed by atoms with Gasteiger partial charge in [-0.05, 0) is 12.8 Å². The highest BCUT2D eigenvalue weighted by molar-refractivity contribution is 5.68. The molecule has 118 valence electrons. The van der Waals surface area contributed by atoms with Gasteiger partial charge in [0.1, 0.15) is 0 Å². The van der Waals surface area contributed by atoms with Gasteiger partial charge in [0.15, 0.2) is 0 Å².